The van der Waals surface area contributed by atoms with Crippen molar-refractivity contribution in [1.82, 2.24) is 30.4 Å². The van der Waals surface area contributed by atoms with Crippen LogP contribution in [0.5, 0.6) is 0 Å². The van der Waals surface area contributed by atoms with Gasteiger partial charge in [-0.1, -0.05) is 19.3 Å². The van der Waals surface area contributed by atoms with Gasteiger partial charge in [-0.25, -0.2) is 4.79 Å². The van der Waals surface area contributed by atoms with E-state index in [1.807, 2.05) is 16.6 Å². The third-order valence-corrected chi connectivity index (χ3v) is 6.27. The molecule has 8 nitrogen and oxygen atoms in total. The zero-order valence-electron chi connectivity index (χ0n) is 15.6. The minimum atomic E-state index is -0.0190. The van der Waals surface area contributed by atoms with Gasteiger partial charge in [0.2, 0.25) is 0 Å². The van der Waals surface area contributed by atoms with E-state index in [4.69, 9.17) is 5.10 Å². The number of carbonyl (C=O) groups excluding carboxylic acids is 1. The Morgan fingerprint density at radius 3 is 2.63 bits per heavy atom. The summed E-state index contributed by atoms with van der Waals surface area (Å²) in [5.74, 6) is 2.95. The third-order valence-electron chi connectivity index (χ3n) is 6.27. The average molecular weight is 369 g/mol. The van der Waals surface area contributed by atoms with Crippen LogP contribution in [0.2, 0.25) is 0 Å². The second-order valence-electron chi connectivity index (χ2n) is 8.25. The molecule has 0 radical (unpaired) electrons. The Kier molecular flexibility index (Phi) is 4.33. The van der Waals surface area contributed by atoms with Gasteiger partial charge in [0, 0.05) is 37.5 Å². The van der Waals surface area contributed by atoms with Gasteiger partial charge < -0.3 is 15.5 Å². The van der Waals surface area contributed by atoms with Gasteiger partial charge in [0.05, 0.1) is 0 Å². The summed E-state index contributed by atoms with van der Waals surface area (Å²) in [6, 6.07) is 4.37. The Hall–Kier alpha value is -2.38. The summed E-state index contributed by atoms with van der Waals surface area (Å²) in [6.07, 6.45) is 8.34. The number of amides is 2. The Bertz CT molecular complexity index is 819. The van der Waals surface area contributed by atoms with Crippen LogP contribution in [0.15, 0.2) is 12.1 Å². The van der Waals surface area contributed by atoms with Crippen molar-refractivity contribution >= 4 is 17.5 Å². The number of fused-ring (bicyclic) bond motifs is 1. The van der Waals surface area contributed by atoms with E-state index in [0.29, 0.717) is 17.9 Å². The first-order chi connectivity index (χ1) is 13.3. The molecule has 1 saturated heterocycles. The molecule has 27 heavy (non-hydrogen) atoms. The molecular formula is C19H27N7O. The minimum absolute atomic E-state index is 0.0190. The fraction of sp³-hybridized carbons (Fsp3) is 0.684. The summed E-state index contributed by atoms with van der Waals surface area (Å²) in [5.41, 5.74) is 0.822. The zero-order valence-corrected chi connectivity index (χ0v) is 15.6. The molecular weight excluding hydrogens is 342 g/mol. The quantitative estimate of drug-likeness (QED) is 0.842. The van der Waals surface area contributed by atoms with Crippen molar-refractivity contribution in [2.45, 2.75) is 56.9 Å². The van der Waals surface area contributed by atoms with E-state index in [1.165, 1.54) is 32.1 Å². The molecule has 0 spiro atoms. The molecule has 144 valence electrons. The van der Waals surface area contributed by atoms with Gasteiger partial charge in [-0.15, -0.1) is 15.3 Å². The van der Waals surface area contributed by atoms with Crippen LogP contribution in [0.4, 0.5) is 10.6 Å². The van der Waals surface area contributed by atoms with Crippen molar-refractivity contribution < 1.29 is 4.79 Å². The van der Waals surface area contributed by atoms with Gasteiger partial charge in [-0.2, -0.15) is 4.52 Å². The molecule has 2 aliphatic carbocycles. The Balaban J connectivity index is 1.14. The molecule has 3 fully saturated rings. The summed E-state index contributed by atoms with van der Waals surface area (Å²) in [4.78, 5) is 14.2. The lowest BCUT2D eigenvalue weighted by molar-refractivity contribution is 0.233. The number of hydrogen-bond acceptors (Lipinski definition) is 5. The van der Waals surface area contributed by atoms with Crippen LogP contribution in [0.3, 0.4) is 0 Å². The van der Waals surface area contributed by atoms with Gasteiger partial charge in [0.1, 0.15) is 5.82 Å². The van der Waals surface area contributed by atoms with Crippen LogP contribution in [0, 0.1) is 5.92 Å². The first kappa shape index (κ1) is 16.8. The van der Waals surface area contributed by atoms with Crippen LogP contribution in [-0.2, 0) is 0 Å². The number of rotatable bonds is 5. The van der Waals surface area contributed by atoms with Crippen molar-refractivity contribution in [1.29, 1.82) is 0 Å². The van der Waals surface area contributed by atoms with E-state index in [1.54, 1.807) is 0 Å². The lowest BCUT2D eigenvalue weighted by Crippen LogP contribution is -2.53. The predicted octanol–water partition coefficient (Wildman–Crippen LogP) is 2.07. The number of hydrogen-bond donors (Lipinski definition) is 2. The second-order valence-corrected chi connectivity index (χ2v) is 8.25. The Morgan fingerprint density at radius 1 is 1.07 bits per heavy atom. The summed E-state index contributed by atoms with van der Waals surface area (Å²) >= 11 is 0. The topological polar surface area (TPSA) is 87.5 Å². The van der Waals surface area contributed by atoms with Gasteiger partial charge in [0.25, 0.3) is 0 Å². The maximum Gasteiger partial charge on any atom is 0.315 e. The summed E-state index contributed by atoms with van der Waals surface area (Å²) < 4.78 is 1.92. The van der Waals surface area contributed by atoms with E-state index in [9.17, 15) is 4.79 Å². The van der Waals surface area contributed by atoms with E-state index < -0.39 is 0 Å². The lowest BCUT2D eigenvalue weighted by atomic mass is 9.85. The minimum Gasteiger partial charge on any atom is -0.354 e. The van der Waals surface area contributed by atoms with Gasteiger partial charge in [-0.05, 0) is 37.8 Å². The second kappa shape index (κ2) is 6.98. The van der Waals surface area contributed by atoms with Crippen molar-refractivity contribution in [3.05, 3.63) is 18.0 Å². The van der Waals surface area contributed by atoms with Crippen LogP contribution in [0.25, 0.3) is 5.65 Å². The van der Waals surface area contributed by atoms with Crippen molar-refractivity contribution in [3.63, 3.8) is 0 Å². The SMILES string of the molecule is O=C(NCC1CN(c2ccc3nnc(C4CCC4)n3n2)C1)NC1CCCC1. The van der Waals surface area contributed by atoms with Crippen molar-refractivity contribution in [2.75, 3.05) is 24.5 Å². The summed E-state index contributed by atoms with van der Waals surface area (Å²) in [7, 11) is 0. The molecule has 1 aliphatic heterocycles. The highest BCUT2D eigenvalue weighted by Crippen LogP contribution is 2.35. The van der Waals surface area contributed by atoms with Crippen LogP contribution in [0.1, 0.15) is 56.7 Å². The number of nitrogens with one attached hydrogen (secondary N) is 2. The highest BCUT2D eigenvalue weighted by atomic mass is 16.2. The molecule has 0 unspecified atom stereocenters. The van der Waals surface area contributed by atoms with Crippen LogP contribution >= 0.6 is 0 Å². The predicted molar refractivity (Wildman–Crippen MR) is 102 cm³/mol. The monoisotopic (exact) mass is 369 g/mol. The zero-order chi connectivity index (χ0) is 18.2. The Labute approximate surface area is 158 Å². The summed E-state index contributed by atoms with van der Waals surface area (Å²) in [5, 5.41) is 19.5. The molecule has 2 aromatic rings. The molecule has 2 aromatic heterocycles. The molecule has 2 N–H and O–H groups in total. The van der Waals surface area contributed by atoms with Gasteiger partial charge >= 0.3 is 6.03 Å². The molecule has 5 rings (SSSR count). The van der Waals surface area contributed by atoms with Gasteiger partial charge in [0.15, 0.2) is 11.5 Å². The maximum atomic E-state index is 12.0. The number of nitrogens with zero attached hydrogens (tertiary/aromatic N) is 5. The molecule has 0 atom stereocenters. The number of urea groups is 1. The summed E-state index contributed by atoms with van der Waals surface area (Å²) in [6.45, 7) is 2.56. The lowest BCUT2D eigenvalue weighted by Gasteiger charge is -2.40. The van der Waals surface area contributed by atoms with E-state index >= 15 is 0 Å². The number of aromatic nitrogens is 4. The highest BCUT2D eigenvalue weighted by Gasteiger charge is 2.30. The highest BCUT2D eigenvalue weighted by molar-refractivity contribution is 5.74. The molecule has 8 heteroatoms. The van der Waals surface area contributed by atoms with Crippen molar-refractivity contribution in [2.24, 2.45) is 5.92 Å². The van der Waals surface area contributed by atoms with E-state index in [-0.39, 0.29) is 6.03 Å². The van der Waals surface area contributed by atoms with E-state index in [2.05, 4.69) is 25.7 Å². The average Bonchev–Trinajstić information content (AvgIpc) is 3.22. The third kappa shape index (κ3) is 3.33. The smallest absolute Gasteiger partial charge is 0.315 e. The molecule has 2 amide bonds. The standard InChI is InChI=1S/C19H27N7O/c27-19(21-15-6-1-2-7-15)20-10-13-11-25(12-13)17-9-8-16-22-23-18(26(16)24-17)14-4-3-5-14/h8-9,13-15H,1-7,10-12H2,(H2,20,21,27). The normalized spacial score (nSPS) is 21.3. The number of anilines is 1. The van der Waals surface area contributed by atoms with Crippen LogP contribution in [-0.4, -0.2) is 51.5 Å². The fourth-order valence-corrected chi connectivity index (χ4v) is 4.32. The van der Waals surface area contributed by atoms with Crippen LogP contribution < -0.4 is 15.5 Å². The van der Waals surface area contributed by atoms with Gasteiger partial charge in [-0.3, -0.25) is 0 Å². The largest absolute Gasteiger partial charge is 0.354 e. The maximum absolute atomic E-state index is 12.0. The molecule has 2 saturated carbocycles. The molecule has 0 aromatic carbocycles. The molecule has 3 heterocycles. The molecule has 0 bridgehead atoms. The Morgan fingerprint density at radius 2 is 1.89 bits per heavy atom. The molecule has 3 aliphatic rings. The fourth-order valence-electron chi connectivity index (χ4n) is 4.32. The van der Waals surface area contributed by atoms with Crippen molar-refractivity contribution in [3.8, 4) is 0 Å². The first-order valence-corrected chi connectivity index (χ1v) is 10.3. The number of carbonyl (C=O) groups is 1. The first-order valence-electron chi connectivity index (χ1n) is 10.3. The van der Waals surface area contributed by atoms with E-state index in [0.717, 1.165) is 49.8 Å².